The zero-order chi connectivity index (χ0) is 21.1. The number of nitrogens with zero attached hydrogens (tertiary/aromatic N) is 1. The number of benzene rings is 1. The monoisotopic (exact) mass is 403 g/mol. The van der Waals surface area contributed by atoms with Crippen LogP contribution in [0.2, 0.25) is 0 Å². The summed E-state index contributed by atoms with van der Waals surface area (Å²) in [7, 11) is 1.57. The summed E-state index contributed by atoms with van der Waals surface area (Å²) in [6.07, 6.45) is 6.87. The fraction of sp³-hybridized carbons (Fsp3) is 0.591. The van der Waals surface area contributed by atoms with Crippen molar-refractivity contribution in [1.29, 1.82) is 0 Å². The van der Waals surface area contributed by atoms with Crippen LogP contribution in [0.3, 0.4) is 0 Å². The second-order valence-electron chi connectivity index (χ2n) is 7.58. The molecular formula is C22H33N3O4. The summed E-state index contributed by atoms with van der Waals surface area (Å²) < 4.78 is 5.08. The first kappa shape index (κ1) is 22.7. The molecule has 160 valence electrons. The first-order valence-electron chi connectivity index (χ1n) is 10.5. The van der Waals surface area contributed by atoms with E-state index in [1.165, 1.54) is 0 Å². The zero-order valence-electron chi connectivity index (χ0n) is 17.5. The number of unbranched alkanes of at least 4 members (excludes halogenated alkanes) is 3. The molecule has 0 atom stereocenters. The molecule has 7 nitrogen and oxygen atoms in total. The van der Waals surface area contributed by atoms with Crippen LogP contribution in [0.25, 0.3) is 0 Å². The van der Waals surface area contributed by atoms with Gasteiger partial charge in [0.1, 0.15) is 5.75 Å². The van der Waals surface area contributed by atoms with E-state index in [2.05, 4.69) is 17.6 Å². The smallest absolute Gasteiger partial charge is 0.243 e. The second-order valence-corrected chi connectivity index (χ2v) is 7.58. The SMILES string of the molecule is CCCCCCC(=O)N(CC(=O)NCC(=O)Nc1ccc(OC)cc1)CC1CC1. The Balaban J connectivity index is 1.74. The molecule has 1 aliphatic carbocycles. The van der Waals surface area contributed by atoms with E-state index in [0.717, 1.165) is 38.5 Å². The van der Waals surface area contributed by atoms with Crippen molar-refractivity contribution in [2.45, 2.75) is 51.9 Å². The molecule has 1 aromatic carbocycles. The van der Waals surface area contributed by atoms with Crippen LogP contribution in [0, 0.1) is 5.92 Å². The third-order valence-electron chi connectivity index (χ3n) is 4.93. The summed E-state index contributed by atoms with van der Waals surface area (Å²) in [5.41, 5.74) is 0.627. The minimum absolute atomic E-state index is 0.0128. The maximum absolute atomic E-state index is 12.5. The molecule has 29 heavy (non-hydrogen) atoms. The Morgan fingerprint density at radius 1 is 1.07 bits per heavy atom. The van der Waals surface area contributed by atoms with Gasteiger partial charge in [0.2, 0.25) is 17.7 Å². The molecule has 3 amide bonds. The molecule has 1 saturated carbocycles. The number of nitrogens with one attached hydrogen (secondary N) is 2. The normalized spacial score (nSPS) is 12.9. The predicted octanol–water partition coefficient (Wildman–Crippen LogP) is 2.96. The topological polar surface area (TPSA) is 87.7 Å². The number of amides is 3. The van der Waals surface area contributed by atoms with Crippen LogP contribution in [0.4, 0.5) is 5.69 Å². The molecule has 1 aromatic rings. The number of ether oxygens (including phenoxy) is 1. The summed E-state index contributed by atoms with van der Waals surface area (Å²) in [6.45, 7) is 2.65. The highest BCUT2D eigenvalue weighted by molar-refractivity contribution is 5.95. The number of rotatable bonds is 13. The van der Waals surface area contributed by atoms with Gasteiger partial charge in [-0.15, -0.1) is 0 Å². The first-order valence-corrected chi connectivity index (χ1v) is 10.5. The third kappa shape index (κ3) is 8.98. The van der Waals surface area contributed by atoms with Crippen molar-refractivity contribution in [3.8, 4) is 5.75 Å². The number of anilines is 1. The van der Waals surface area contributed by atoms with Gasteiger partial charge in [-0.1, -0.05) is 26.2 Å². The highest BCUT2D eigenvalue weighted by Crippen LogP contribution is 2.30. The van der Waals surface area contributed by atoms with E-state index in [1.807, 2.05) is 0 Å². The van der Waals surface area contributed by atoms with E-state index in [1.54, 1.807) is 36.3 Å². The van der Waals surface area contributed by atoms with Gasteiger partial charge >= 0.3 is 0 Å². The second kappa shape index (κ2) is 12.1. The molecule has 7 heteroatoms. The van der Waals surface area contributed by atoms with Crippen molar-refractivity contribution in [2.75, 3.05) is 32.1 Å². The van der Waals surface area contributed by atoms with E-state index in [4.69, 9.17) is 4.74 Å². The van der Waals surface area contributed by atoms with Gasteiger partial charge < -0.3 is 20.3 Å². The quantitative estimate of drug-likeness (QED) is 0.496. The number of methoxy groups -OCH3 is 1. The van der Waals surface area contributed by atoms with Gasteiger partial charge in [0.05, 0.1) is 20.2 Å². The van der Waals surface area contributed by atoms with Crippen LogP contribution in [0.5, 0.6) is 5.75 Å². The van der Waals surface area contributed by atoms with Crippen molar-refractivity contribution in [2.24, 2.45) is 5.92 Å². The van der Waals surface area contributed by atoms with Crippen molar-refractivity contribution in [3.63, 3.8) is 0 Å². The van der Waals surface area contributed by atoms with Crippen LogP contribution < -0.4 is 15.4 Å². The maximum atomic E-state index is 12.5. The molecule has 1 aliphatic rings. The van der Waals surface area contributed by atoms with Gasteiger partial charge in [0.25, 0.3) is 0 Å². The maximum Gasteiger partial charge on any atom is 0.243 e. The Morgan fingerprint density at radius 3 is 2.41 bits per heavy atom. The lowest BCUT2D eigenvalue weighted by molar-refractivity contribution is -0.136. The van der Waals surface area contributed by atoms with Crippen LogP contribution in [0.1, 0.15) is 51.9 Å². The fourth-order valence-corrected chi connectivity index (χ4v) is 3.02. The van der Waals surface area contributed by atoms with Gasteiger partial charge in [0.15, 0.2) is 0 Å². The number of carbonyl (C=O) groups excluding carboxylic acids is 3. The Morgan fingerprint density at radius 2 is 1.79 bits per heavy atom. The van der Waals surface area contributed by atoms with E-state index >= 15 is 0 Å². The third-order valence-corrected chi connectivity index (χ3v) is 4.93. The number of hydrogen-bond acceptors (Lipinski definition) is 4. The molecular weight excluding hydrogens is 370 g/mol. The van der Waals surface area contributed by atoms with E-state index < -0.39 is 0 Å². The summed E-state index contributed by atoms with van der Waals surface area (Å²) in [5, 5.41) is 5.33. The van der Waals surface area contributed by atoms with Crippen molar-refractivity contribution in [1.82, 2.24) is 10.2 Å². The van der Waals surface area contributed by atoms with Gasteiger partial charge in [-0.25, -0.2) is 0 Å². The Hall–Kier alpha value is -2.57. The highest BCUT2D eigenvalue weighted by atomic mass is 16.5. The molecule has 0 heterocycles. The summed E-state index contributed by atoms with van der Waals surface area (Å²) in [5.74, 6) is 0.624. The Labute approximate surface area is 173 Å². The lowest BCUT2D eigenvalue weighted by atomic mass is 10.1. The van der Waals surface area contributed by atoms with Gasteiger partial charge in [-0.2, -0.15) is 0 Å². The first-order chi connectivity index (χ1) is 14.0. The molecule has 1 fully saturated rings. The van der Waals surface area contributed by atoms with Crippen LogP contribution in [-0.2, 0) is 14.4 Å². The van der Waals surface area contributed by atoms with Crippen molar-refractivity contribution >= 4 is 23.4 Å². The number of carbonyl (C=O) groups is 3. The van der Waals surface area contributed by atoms with Gasteiger partial charge in [-0.05, 0) is 49.4 Å². The van der Waals surface area contributed by atoms with Crippen molar-refractivity contribution in [3.05, 3.63) is 24.3 Å². The van der Waals surface area contributed by atoms with Gasteiger partial charge in [0, 0.05) is 18.7 Å². The molecule has 2 N–H and O–H groups in total. The molecule has 0 spiro atoms. The Bertz CT molecular complexity index is 671. The van der Waals surface area contributed by atoms with Crippen molar-refractivity contribution < 1.29 is 19.1 Å². The molecule has 0 aromatic heterocycles. The van der Waals surface area contributed by atoms with E-state index in [9.17, 15) is 14.4 Å². The summed E-state index contributed by atoms with van der Waals surface area (Å²) in [4.78, 5) is 38.5. The Kier molecular flexibility index (Phi) is 9.47. The number of hydrogen-bond donors (Lipinski definition) is 2. The molecule has 2 rings (SSSR count). The van der Waals surface area contributed by atoms with E-state index in [-0.39, 0.29) is 30.8 Å². The zero-order valence-corrected chi connectivity index (χ0v) is 17.5. The molecule has 0 bridgehead atoms. The molecule has 0 unspecified atom stereocenters. The van der Waals surface area contributed by atoms with Crippen LogP contribution >= 0.6 is 0 Å². The molecule has 0 radical (unpaired) electrons. The standard InChI is InChI=1S/C22H33N3O4/c1-3-4-5-6-7-22(28)25(15-17-8-9-17)16-21(27)23-14-20(26)24-18-10-12-19(29-2)13-11-18/h10-13,17H,3-9,14-16H2,1-2H3,(H,23,27)(H,24,26). The summed E-state index contributed by atoms with van der Waals surface area (Å²) >= 11 is 0. The molecule has 0 saturated heterocycles. The minimum Gasteiger partial charge on any atom is -0.497 e. The van der Waals surface area contributed by atoms with E-state index in [0.29, 0.717) is 30.3 Å². The molecule has 0 aliphatic heterocycles. The predicted molar refractivity (Wildman–Crippen MR) is 113 cm³/mol. The lowest BCUT2D eigenvalue weighted by Gasteiger charge is -2.22. The van der Waals surface area contributed by atoms with Crippen LogP contribution in [0.15, 0.2) is 24.3 Å². The minimum atomic E-state index is -0.317. The average Bonchev–Trinajstić information content (AvgIpc) is 3.54. The lowest BCUT2D eigenvalue weighted by Crippen LogP contribution is -2.43. The average molecular weight is 404 g/mol. The fourth-order valence-electron chi connectivity index (χ4n) is 3.02. The highest BCUT2D eigenvalue weighted by Gasteiger charge is 2.27. The largest absolute Gasteiger partial charge is 0.497 e. The van der Waals surface area contributed by atoms with Crippen LogP contribution in [-0.4, -0.2) is 49.4 Å². The summed E-state index contributed by atoms with van der Waals surface area (Å²) in [6, 6.07) is 6.95. The van der Waals surface area contributed by atoms with Gasteiger partial charge in [-0.3, -0.25) is 14.4 Å².